The molecule has 3 aromatic heterocycles. The van der Waals surface area contributed by atoms with Gasteiger partial charge >= 0.3 is 0 Å². The van der Waals surface area contributed by atoms with E-state index in [1.807, 2.05) is 30.5 Å². The molecule has 2 aromatic carbocycles. The van der Waals surface area contributed by atoms with Crippen molar-refractivity contribution in [3.8, 4) is 22.4 Å². The van der Waals surface area contributed by atoms with E-state index in [2.05, 4.69) is 39.4 Å². The lowest BCUT2D eigenvalue weighted by Gasteiger charge is -2.10. The van der Waals surface area contributed by atoms with E-state index >= 15 is 0 Å². The number of hydrogen-bond acceptors (Lipinski definition) is 6. The van der Waals surface area contributed by atoms with Gasteiger partial charge in [-0.2, -0.15) is 0 Å². The Morgan fingerprint density at radius 1 is 1.00 bits per heavy atom. The first kappa shape index (κ1) is 23.2. The second-order valence-electron chi connectivity index (χ2n) is 8.85. The van der Waals surface area contributed by atoms with Crippen LogP contribution in [0.2, 0.25) is 0 Å². The third kappa shape index (κ3) is 4.68. The molecule has 182 valence electrons. The highest BCUT2D eigenvalue weighted by Gasteiger charge is 2.18. The van der Waals surface area contributed by atoms with Crippen molar-refractivity contribution in [3.05, 3.63) is 84.2 Å². The Balaban J connectivity index is 1.42. The van der Waals surface area contributed by atoms with Crippen LogP contribution in [0.25, 0.3) is 28.2 Å². The van der Waals surface area contributed by atoms with Gasteiger partial charge in [-0.05, 0) is 56.7 Å². The predicted molar refractivity (Wildman–Crippen MR) is 137 cm³/mol. The molecule has 0 atom stereocenters. The average molecular weight is 485 g/mol. The summed E-state index contributed by atoms with van der Waals surface area (Å²) in [4.78, 5) is 25.6. The lowest BCUT2D eigenvalue weighted by atomic mass is 10.1. The molecule has 0 fully saturated rings. The third-order valence-electron chi connectivity index (χ3n) is 5.59. The van der Waals surface area contributed by atoms with Crippen LogP contribution in [-0.2, 0) is 0 Å². The number of rotatable bonds is 6. The zero-order chi connectivity index (χ0) is 25.4. The molecule has 5 aromatic rings. The smallest absolute Gasteiger partial charge is 0.293 e. The molecule has 8 nitrogen and oxygen atoms in total. The highest BCUT2D eigenvalue weighted by molar-refractivity contribution is 6.03. The minimum Gasteiger partial charge on any atom is -0.436 e. The summed E-state index contributed by atoms with van der Waals surface area (Å²) >= 11 is 0. The lowest BCUT2D eigenvalue weighted by Crippen LogP contribution is -2.12. The fourth-order valence-electron chi connectivity index (χ4n) is 3.99. The van der Waals surface area contributed by atoms with Gasteiger partial charge in [0.2, 0.25) is 11.5 Å². The molecule has 0 aliphatic rings. The minimum absolute atomic E-state index is 0.121. The van der Waals surface area contributed by atoms with E-state index in [0.717, 1.165) is 16.8 Å². The molecule has 0 unspecified atom stereocenters. The monoisotopic (exact) mass is 484 g/mol. The van der Waals surface area contributed by atoms with Crippen LogP contribution in [0.15, 0.2) is 65.5 Å². The number of oxazole rings is 1. The van der Waals surface area contributed by atoms with E-state index in [1.54, 1.807) is 30.6 Å². The van der Waals surface area contributed by atoms with Crippen molar-refractivity contribution < 1.29 is 13.6 Å². The highest BCUT2D eigenvalue weighted by atomic mass is 19.1. The average Bonchev–Trinajstić information content (AvgIpc) is 3.42. The number of anilines is 2. The molecular weight excluding hydrogens is 459 g/mol. The summed E-state index contributed by atoms with van der Waals surface area (Å²) in [7, 11) is 0. The number of aryl methyl sites for hydroxylation is 2. The van der Waals surface area contributed by atoms with Gasteiger partial charge in [0.05, 0.1) is 11.4 Å². The topological polar surface area (TPSA) is 97.4 Å². The van der Waals surface area contributed by atoms with Gasteiger partial charge in [-0.25, -0.2) is 19.3 Å². The normalized spacial score (nSPS) is 11.3. The Hall–Kier alpha value is -4.53. The molecule has 0 radical (unpaired) electrons. The Kier molecular flexibility index (Phi) is 5.97. The van der Waals surface area contributed by atoms with E-state index in [1.165, 1.54) is 18.2 Å². The van der Waals surface area contributed by atoms with Gasteiger partial charge in [0, 0.05) is 54.1 Å². The number of nitrogens with zero attached hydrogens (tertiary/aromatic N) is 4. The van der Waals surface area contributed by atoms with E-state index in [0.29, 0.717) is 34.8 Å². The molecule has 0 bridgehead atoms. The Morgan fingerprint density at radius 2 is 1.75 bits per heavy atom. The lowest BCUT2D eigenvalue weighted by molar-refractivity contribution is 0.0994. The van der Waals surface area contributed by atoms with Gasteiger partial charge < -0.3 is 15.1 Å². The van der Waals surface area contributed by atoms with E-state index in [-0.39, 0.29) is 11.3 Å². The summed E-state index contributed by atoms with van der Waals surface area (Å²) in [6.07, 6.45) is 5.36. The molecule has 0 saturated heterocycles. The maximum Gasteiger partial charge on any atom is 0.293 e. The molecule has 2 N–H and O–H groups in total. The zero-order valence-corrected chi connectivity index (χ0v) is 20.3. The third-order valence-corrected chi connectivity index (χ3v) is 5.59. The maximum atomic E-state index is 14.8. The molecule has 0 spiro atoms. The van der Waals surface area contributed by atoms with Crippen molar-refractivity contribution in [1.29, 1.82) is 0 Å². The zero-order valence-electron chi connectivity index (χ0n) is 20.3. The van der Waals surface area contributed by atoms with Crippen molar-refractivity contribution in [2.24, 2.45) is 0 Å². The number of carbonyl (C=O) groups excluding carboxylic acids is 1. The highest BCUT2D eigenvalue weighted by Crippen LogP contribution is 2.27. The van der Waals surface area contributed by atoms with E-state index in [4.69, 9.17) is 4.42 Å². The molecule has 5 rings (SSSR count). The van der Waals surface area contributed by atoms with Gasteiger partial charge in [-0.1, -0.05) is 12.1 Å². The number of carbonyl (C=O) groups is 1. The van der Waals surface area contributed by atoms with Crippen LogP contribution >= 0.6 is 0 Å². The number of hydrogen-bond donors (Lipinski definition) is 2. The number of fused-ring (bicyclic) bond motifs is 1. The fourth-order valence-corrected chi connectivity index (χ4v) is 3.99. The summed E-state index contributed by atoms with van der Waals surface area (Å²) in [5.74, 6) is 0.0413. The number of amides is 1. The fraction of sp³-hybridized carbons (Fsp3) is 0.185. The van der Waals surface area contributed by atoms with Crippen LogP contribution in [0.4, 0.5) is 15.8 Å². The Morgan fingerprint density at radius 3 is 2.44 bits per heavy atom. The largest absolute Gasteiger partial charge is 0.436 e. The van der Waals surface area contributed by atoms with Crippen molar-refractivity contribution in [2.75, 3.05) is 10.6 Å². The number of imidazole rings is 1. The molecule has 0 aliphatic carbocycles. The second-order valence-corrected chi connectivity index (χ2v) is 8.85. The van der Waals surface area contributed by atoms with Crippen LogP contribution in [0.3, 0.4) is 0 Å². The van der Waals surface area contributed by atoms with E-state index < -0.39 is 11.7 Å². The Labute approximate surface area is 207 Å². The molecule has 0 saturated carbocycles. The standard InChI is InChI=1S/C27H25FN6O2/c1-15(2)30-20-7-5-18(6-8-20)19-12-29-27-33-24(14-34(27)13-19)22-11-21(9-10-23(22)28)32-26(35)25-16(3)31-17(4)36-25/h5-15,30H,1-4H3,(H,32,35). The van der Waals surface area contributed by atoms with Gasteiger partial charge in [-0.3, -0.25) is 9.20 Å². The number of halogens is 1. The molecule has 9 heteroatoms. The van der Waals surface area contributed by atoms with Crippen LogP contribution < -0.4 is 10.6 Å². The summed E-state index contributed by atoms with van der Waals surface area (Å²) < 4.78 is 21.9. The molecule has 3 heterocycles. The summed E-state index contributed by atoms with van der Waals surface area (Å²) in [6, 6.07) is 12.8. The first-order valence-corrected chi connectivity index (χ1v) is 11.5. The maximum absolute atomic E-state index is 14.8. The Bertz CT molecular complexity index is 1570. The first-order valence-electron chi connectivity index (χ1n) is 11.5. The molecule has 0 aliphatic heterocycles. The summed E-state index contributed by atoms with van der Waals surface area (Å²) in [5, 5.41) is 6.10. The number of benzene rings is 2. The van der Waals surface area contributed by atoms with E-state index in [9.17, 15) is 9.18 Å². The summed E-state index contributed by atoms with van der Waals surface area (Å²) in [5.41, 5.74) is 4.49. The van der Waals surface area contributed by atoms with Crippen molar-refractivity contribution in [1.82, 2.24) is 19.4 Å². The van der Waals surface area contributed by atoms with Gasteiger partial charge in [0.1, 0.15) is 5.82 Å². The predicted octanol–water partition coefficient (Wildman–Crippen LogP) is 5.88. The molecular formula is C27H25FN6O2. The summed E-state index contributed by atoms with van der Waals surface area (Å²) in [6.45, 7) is 7.54. The second kappa shape index (κ2) is 9.26. The number of aromatic nitrogens is 4. The van der Waals surface area contributed by atoms with Crippen molar-refractivity contribution in [2.45, 2.75) is 33.7 Å². The van der Waals surface area contributed by atoms with Crippen molar-refractivity contribution >= 4 is 23.1 Å². The van der Waals surface area contributed by atoms with Gasteiger partial charge in [0.15, 0.2) is 5.89 Å². The van der Waals surface area contributed by atoms with Gasteiger partial charge in [-0.15, -0.1) is 0 Å². The quantitative estimate of drug-likeness (QED) is 0.312. The van der Waals surface area contributed by atoms with Crippen LogP contribution in [0.1, 0.15) is 36.0 Å². The SMILES string of the molecule is Cc1nc(C)c(C(=O)Nc2ccc(F)c(-c3cn4cc(-c5ccc(NC(C)C)cc5)cnc4n3)c2)o1. The minimum atomic E-state index is -0.462. The first-order chi connectivity index (χ1) is 17.3. The van der Waals surface area contributed by atoms with Crippen LogP contribution in [0.5, 0.6) is 0 Å². The van der Waals surface area contributed by atoms with Crippen molar-refractivity contribution in [3.63, 3.8) is 0 Å². The molecule has 36 heavy (non-hydrogen) atoms. The molecule has 1 amide bonds. The number of nitrogens with one attached hydrogen (secondary N) is 2. The van der Waals surface area contributed by atoms with Gasteiger partial charge in [0.25, 0.3) is 5.91 Å². The van der Waals surface area contributed by atoms with Crippen LogP contribution in [0, 0.1) is 19.7 Å². The van der Waals surface area contributed by atoms with Crippen LogP contribution in [-0.4, -0.2) is 31.3 Å².